The average Bonchev–Trinajstić information content (AvgIpc) is 3.17. The van der Waals surface area contributed by atoms with Crippen molar-refractivity contribution >= 4 is 28.3 Å². The van der Waals surface area contributed by atoms with E-state index in [1.54, 1.807) is 0 Å². The molecule has 6 heteroatoms. The van der Waals surface area contributed by atoms with Gasteiger partial charge in [-0.15, -0.1) is 11.3 Å². The number of aromatic nitrogens is 1. The Balaban J connectivity index is 1.54. The molecule has 0 saturated carbocycles. The number of nitrogens with one attached hydrogen (secondary N) is 2. The van der Waals surface area contributed by atoms with Gasteiger partial charge in [0.1, 0.15) is 0 Å². The third kappa shape index (κ3) is 6.26. The number of carbonyl (C=O) groups is 2. The number of thiazole rings is 1. The van der Waals surface area contributed by atoms with Crippen molar-refractivity contribution in [3.63, 3.8) is 0 Å². The lowest BCUT2D eigenvalue weighted by atomic mass is 9.98. The summed E-state index contributed by atoms with van der Waals surface area (Å²) in [5, 5.41) is 8.26. The number of hydrogen-bond acceptors (Lipinski definition) is 4. The molecule has 0 saturated heterocycles. The van der Waals surface area contributed by atoms with E-state index in [1.807, 2.05) is 60.0 Å². The summed E-state index contributed by atoms with van der Waals surface area (Å²) in [6, 6.07) is 18.1. The molecule has 3 aromatic rings. The second-order valence-electron chi connectivity index (χ2n) is 7.03. The maximum absolute atomic E-state index is 12.4. The fourth-order valence-corrected chi connectivity index (χ4v) is 3.77. The van der Waals surface area contributed by atoms with Gasteiger partial charge in [0.05, 0.1) is 5.69 Å². The molecule has 5 nitrogen and oxygen atoms in total. The molecular formula is C23H25N3O2S. The highest BCUT2D eigenvalue weighted by atomic mass is 32.1. The van der Waals surface area contributed by atoms with E-state index in [2.05, 4.69) is 22.5 Å². The van der Waals surface area contributed by atoms with Gasteiger partial charge in [0.2, 0.25) is 11.8 Å². The van der Waals surface area contributed by atoms with Gasteiger partial charge in [-0.05, 0) is 23.5 Å². The second-order valence-corrected chi connectivity index (χ2v) is 7.89. The molecule has 0 aliphatic rings. The van der Waals surface area contributed by atoms with Gasteiger partial charge in [-0.1, -0.05) is 61.5 Å². The van der Waals surface area contributed by atoms with Crippen LogP contribution in [0.4, 0.5) is 5.13 Å². The van der Waals surface area contributed by atoms with Crippen molar-refractivity contribution in [1.29, 1.82) is 0 Å². The molecule has 0 fully saturated rings. The van der Waals surface area contributed by atoms with E-state index < -0.39 is 0 Å². The standard InChI is InChI=1S/C23H25N3O2S/c1-16(19-6-4-3-5-7-19)14-22(28)26-23-25-21(15-29-23)20-10-8-18(9-11-20)12-13-24-17(2)27/h3-11,15-16H,12-14H2,1-2H3,(H,24,27)(H,25,26,28). The number of anilines is 1. The summed E-state index contributed by atoms with van der Waals surface area (Å²) in [4.78, 5) is 27.8. The summed E-state index contributed by atoms with van der Waals surface area (Å²) >= 11 is 1.43. The molecule has 2 amide bonds. The number of carbonyl (C=O) groups excluding carboxylic acids is 2. The van der Waals surface area contributed by atoms with Gasteiger partial charge in [0, 0.05) is 30.8 Å². The van der Waals surface area contributed by atoms with Crippen LogP contribution in [0, 0.1) is 0 Å². The highest BCUT2D eigenvalue weighted by molar-refractivity contribution is 7.14. The molecule has 1 heterocycles. The lowest BCUT2D eigenvalue weighted by Gasteiger charge is -2.10. The number of hydrogen-bond donors (Lipinski definition) is 2. The van der Waals surface area contributed by atoms with E-state index >= 15 is 0 Å². The van der Waals surface area contributed by atoms with Crippen LogP contribution in [-0.4, -0.2) is 23.3 Å². The molecule has 1 aromatic heterocycles. The molecule has 2 N–H and O–H groups in total. The zero-order valence-corrected chi connectivity index (χ0v) is 17.5. The summed E-state index contributed by atoms with van der Waals surface area (Å²) in [7, 11) is 0. The lowest BCUT2D eigenvalue weighted by molar-refractivity contribution is -0.119. The number of rotatable bonds is 8. The van der Waals surface area contributed by atoms with E-state index in [4.69, 9.17) is 0 Å². The van der Waals surface area contributed by atoms with Crippen LogP contribution in [0.15, 0.2) is 60.0 Å². The Morgan fingerprint density at radius 3 is 2.48 bits per heavy atom. The van der Waals surface area contributed by atoms with Crippen molar-refractivity contribution in [3.05, 3.63) is 71.1 Å². The largest absolute Gasteiger partial charge is 0.356 e. The van der Waals surface area contributed by atoms with Crippen LogP contribution in [0.1, 0.15) is 37.3 Å². The van der Waals surface area contributed by atoms with E-state index in [0.717, 1.165) is 28.8 Å². The number of amides is 2. The monoisotopic (exact) mass is 407 g/mol. The average molecular weight is 408 g/mol. The molecule has 1 unspecified atom stereocenters. The molecule has 0 aliphatic carbocycles. The van der Waals surface area contributed by atoms with Gasteiger partial charge in [-0.3, -0.25) is 9.59 Å². The van der Waals surface area contributed by atoms with Crippen LogP contribution < -0.4 is 10.6 Å². The van der Waals surface area contributed by atoms with Crippen molar-refractivity contribution in [2.45, 2.75) is 32.6 Å². The first-order chi connectivity index (χ1) is 14.0. The van der Waals surface area contributed by atoms with E-state index in [0.29, 0.717) is 18.1 Å². The minimum atomic E-state index is -0.0319. The fraction of sp³-hybridized carbons (Fsp3) is 0.261. The SMILES string of the molecule is CC(=O)NCCc1ccc(-c2csc(NC(=O)CC(C)c3ccccc3)n2)cc1. The Bertz CT molecular complexity index is 952. The Kier molecular flexibility index (Phi) is 7.14. The molecule has 0 bridgehead atoms. The second kappa shape index (κ2) is 9.98. The summed E-state index contributed by atoms with van der Waals surface area (Å²) in [5.41, 5.74) is 4.15. The minimum absolute atomic E-state index is 0.0168. The van der Waals surface area contributed by atoms with Gasteiger partial charge < -0.3 is 10.6 Å². The normalized spacial score (nSPS) is 11.7. The number of benzene rings is 2. The van der Waals surface area contributed by atoms with Gasteiger partial charge >= 0.3 is 0 Å². The molecule has 150 valence electrons. The predicted molar refractivity (Wildman–Crippen MR) is 118 cm³/mol. The van der Waals surface area contributed by atoms with E-state index in [1.165, 1.54) is 18.3 Å². The van der Waals surface area contributed by atoms with Crippen molar-refractivity contribution in [1.82, 2.24) is 10.3 Å². The first kappa shape index (κ1) is 20.7. The third-order valence-corrected chi connectivity index (χ3v) is 5.41. The zero-order valence-electron chi connectivity index (χ0n) is 16.6. The molecule has 0 radical (unpaired) electrons. The third-order valence-electron chi connectivity index (χ3n) is 4.65. The summed E-state index contributed by atoms with van der Waals surface area (Å²) in [5.74, 6) is 0.105. The lowest BCUT2D eigenvalue weighted by Crippen LogP contribution is -2.22. The molecule has 29 heavy (non-hydrogen) atoms. The van der Waals surface area contributed by atoms with Crippen LogP contribution in [0.5, 0.6) is 0 Å². The zero-order chi connectivity index (χ0) is 20.6. The number of nitrogens with zero attached hydrogens (tertiary/aromatic N) is 1. The highest BCUT2D eigenvalue weighted by Gasteiger charge is 2.13. The molecule has 0 aliphatic heterocycles. The van der Waals surface area contributed by atoms with Crippen molar-refractivity contribution in [2.75, 3.05) is 11.9 Å². The van der Waals surface area contributed by atoms with Gasteiger partial charge in [0.15, 0.2) is 5.13 Å². The molecular weight excluding hydrogens is 382 g/mol. The Morgan fingerprint density at radius 2 is 1.79 bits per heavy atom. The Hall–Kier alpha value is -2.99. The fourth-order valence-electron chi connectivity index (χ4n) is 3.04. The van der Waals surface area contributed by atoms with Gasteiger partial charge in [-0.25, -0.2) is 4.98 Å². The maximum Gasteiger partial charge on any atom is 0.226 e. The van der Waals surface area contributed by atoms with Crippen molar-refractivity contribution in [3.8, 4) is 11.3 Å². The Morgan fingerprint density at radius 1 is 1.07 bits per heavy atom. The minimum Gasteiger partial charge on any atom is -0.356 e. The predicted octanol–water partition coefficient (Wildman–Crippen LogP) is 4.62. The van der Waals surface area contributed by atoms with Crippen LogP contribution in [0.2, 0.25) is 0 Å². The summed E-state index contributed by atoms with van der Waals surface area (Å²) < 4.78 is 0. The first-order valence-corrected chi connectivity index (χ1v) is 10.5. The molecule has 1 atom stereocenters. The maximum atomic E-state index is 12.4. The summed E-state index contributed by atoms with van der Waals surface area (Å²) in [6.45, 7) is 4.20. The Labute approximate surface area is 175 Å². The highest BCUT2D eigenvalue weighted by Crippen LogP contribution is 2.26. The quantitative estimate of drug-likeness (QED) is 0.572. The summed E-state index contributed by atoms with van der Waals surface area (Å²) in [6.07, 6.45) is 1.21. The van der Waals surface area contributed by atoms with E-state index in [-0.39, 0.29) is 17.7 Å². The molecule has 2 aromatic carbocycles. The van der Waals surface area contributed by atoms with Crippen LogP contribution in [0.3, 0.4) is 0 Å². The first-order valence-electron chi connectivity index (χ1n) is 9.65. The van der Waals surface area contributed by atoms with Crippen LogP contribution in [0.25, 0.3) is 11.3 Å². The molecule has 0 spiro atoms. The van der Waals surface area contributed by atoms with Crippen LogP contribution in [-0.2, 0) is 16.0 Å². The van der Waals surface area contributed by atoms with Crippen LogP contribution >= 0.6 is 11.3 Å². The van der Waals surface area contributed by atoms with Gasteiger partial charge in [0.25, 0.3) is 0 Å². The topological polar surface area (TPSA) is 71.1 Å². The smallest absolute Gasteiger partial charge is 0.226 e. The molecule has 3 rings (SSSR count). The van der Waals surface area contributed by atoms with E-state index in [9.17, 15) is 9.59 Å². The van der Waals surface area contributed by atoms with Gasteiger partial charge in [-0.2, -0.15) is 0 Å². The van der Waals surface area contributed by atoms with Crippen molar-refractivity contribution < 1.29 is 9.59 Å². The van der Waals surface area contributed by atoms with Crippen molar-refractivity contribution in [2.24, 2.45) is 0 Å².